The number of hydrogen-bond donors (Lipinski definition) is 0. The van der Waals surface area contributed by atoms with Gasteiger partial charge in [0.05, 0.1) is 6.61 Å². The average Bonchev–Trinajstić information content (AvgIpc) is 2.25. The third-order valence-electron chi connectivity index (χ3n) is 4.41. The smallest absolute Gasteiger partial charge is 0.163 e. The van der Waals surface area contributed by atoms with E-state index in [1.54, 1.807) is 7.11 Å². The van der Waals surface area contributed by atoms with Crippen molar-refractivity contribution in [2.75, 3.05) is 13.7 Å². The van der Waals surface area contributed by atoms with Gasteiger partial charge in [-0.1, -0.05) is 26.0 Å². The van der Waals surface area contributed by atoms with Gasteiger partial charge in [0, 0.05) is 12.5 Å². The molecule has 0 saturated carbocycles. The van der Waals surface area contributed by atoms with Crippen LogP contribution in [0.2, 0.25) is 0 Å². The molecule has 1 fully saturated rings. The lowest BCUT2D eigenvalue weighted by atomic mass is 9.60. The second-order valence-electron chi connectivity index (χ2n) is 5.00. The molecule has 1 aliphatic carbocycles. The minimum absolute atomic E-state index is 0.0128. The second-order valence-corrected chi connectivity index (χ2v) is 5.00. The number of rotatable bonds is 1. The van der Waals surface area contributed by atoms with E-state index in [4.69, 9.17) is 9.47 Å². The Morgan fingerprint density at radius 3 is 2.87 bits per heavy atom. The van der Waals surface area contributed by atoms with Gasteiger partial charge in [-0.15, -0.1) is 0 Å². The Hall–Kier alpha value is -0.340. The van der Waals surface area contributed by atoms with Crippen LogP contribution in [0.15, 0.2) is 12.2 Å². The molecule has 2 nitrogen and oxygen atoms in total. The lowest BCUT2D eigenvalue weighted by Crippen LogP contribution is -2.52. The maximum Gasteiger partial charge on any atom is 0.163 e. The molecule has 15 heavy (non-hydrogen) atoms. The predicted molar refractivity (Wildman–Crippen MR) is 60.5 cm³/mol. The van der Waals surface area contributed by atoms with Crippen molar-refractivity contribution in [2.45, 2.75) is 39.4 Å². The largest absolute Gasteiger partial charge is 0.355 e. The summed E-state index contributed by atoms with van der Waals surface area (Å²) >= 11 is 0. The summed E-state index contributed by atoms with van der Waals surface area (Å²) in [5, 5.41) is 0. The Kier molecular flexibility index (Phi) is 3.17. The standard InChI is InChI=1S/C13H22O2/c1-10-6-4-5-8-13(10)11(2)7-9-15-12(13)14-3/h4,6,10-12H,5,7-9H2,1-3H3. The van der Waals surface area contributed by atoms with Crippen LogP contribution in [0.4, 0.5) is 0 Å². The molecule has 0 aromatic carbocycles. The van der Waals surface area contributed by atoms with Gasteiger partial charge in [0.1, 0.15) is 0 Å². The van der Waals surface area contributed by atoms with E-state index in [-0.39, 0.29) is 11.7 Å². The monoisotopic (exact) mass is 210 g/mol. The summed E-state index contributed by atoms with van der Waals surface area (Å²) in [6, 6.07) is 0. The summed E-state index contributed by atoms with van der Waals surface area (Å²) in [4.78, 5) is 0. The highest BCUT2D eigenvalue weighted by Gasteiger charge is 2.50. The first-order valence-electron chi connectivity index (χ1n) is 6.03. The number of hydrogen-bond acceptors (Lipinski definition) is 2. The fourth-order valence-electron chi connectivity index (χ4n) is 3.36. The molecule has 2 rings (SSSR count). The molecule has 1 spiro atoms. The molecular weight excluding hydrogens is 188 g/mol. The van der Waals surface area contributed by atoms with Gasteiger partial charge in [-0.2, -0.15) is 0 Å². The maximum atomic E-state index is 5.81. The lowest BCUT2D eigenvalue weighted by Gasteiger charge is -2.51. The van der Waals surface area contributed by atoms with E-state index < -0.39 is 0 Å². The molecule has 2 heteroatoms. The number of ether oxygens (including phenoxy) is 2. The van der Waals surface area contributed by atoms with Crippen molar-refractivity contribution < 1.29 is 9.47 Å². The van der Waals surface area contributed by atoms with E-state index in [2.05, 4.69) is 26.0 Å². The highest BCUT2D eigenvalue weighted by atomic mass is 16.7. The molecule has 0 bridgehead atoms. The predicted octanol–water partition coefficient (Wildman–Crippen LogP) is 2.99. The van der Waals surface area contributed by atoms with Crippen molar-refractivity contribution in [2.24, 2.45) is 17.3 Å². The SMILES string of the molecule is COC1OCCC(C)C12CCC=CC2C. The van der Waals surface area contributed by atoms with E-state index in [1.807, 2.05) is 0 Å². The molecule has 1 saturated heterocycles. The first-order chi connectivity index (χ1) is 7.21. The first kappa shape index (κ1) is 11.2. The zero-order valence-corrected chi connectivity index (χ0v) is 10.0. The molecule has 4 unspecified atom stereocenters. The quantitative estimate of drug-likeness (QED) is 0.619. The van der Waals surface area contributed by atoms with Gasteiger partial charge < -0.3 is 9.47 Å². The molecular formula is C13H22O2. The molecule has 86 valence electrons. The van der Waals surface area contributed by atoms with Gasteiger partial charge in [-0.3, -0.25) is 0 Å². The summed E-state index contributed by atoms with van der Waals surface area (Å²) in [5.41, 5.74) is 0.210. The van der Waals surface area contributed by atoms with Crippen molar-refractivity contribution in [3.8, 4) is 0 Å². The number of methoxy groups -OCH3 is 1. The Labute approximate surface area is 92.6 Å². The van der Waals surface area contributed by atoms with Crippen LogP contribution in [0.3, 0.4) is 0 Å². The Morgan fingerprint density at radius 2 is 2.20 bits per heavy atom. The molecule has 0 aromatic heterocycles. The van der Waals surface area contributed by atoms with E-state index in [0.717, 1.165) is 19.4 Å². The van der Waals surface area contributed by atoms with Crippen LogP contribution < -0.4 is 0 Å². The fourth-order valence-corrected chi connectivity index (χ4v) is 3.36. The molecule has 1 heterocycles. The van der Waals surface area contributed by atoms with Crippen molar-refractivity contribution in [1.29, 1.82) is 0 Å². The molecule has 2 aliphatic rings. The van der Waals surface area contributed by atoms with Crippen molar-refractivity contribution in [3.05, 3.63) is 12.2 Å². The van der Waals surface area contributed by atoms with Crippen molar-refractivity contribution in [3.63, 3.8) is 0 Å². The molecule has 4 atom stereocenters. The Bertz CT molecular complexity index is 249. The zero-order chi connectivity index (χ0) is 10.9. The summed E-state index contributed by atoms with van der Waals surface area (Å²) in [6.07, 6.45) is 8.14. The fraction of sp³-hybridized carbons (Fsp3) is 0.846. The molecule has 0 aromatic rings. The molecule has 1 aliphatic heterocycles. The van der Waals surface area contributed by atoms with Gasteiger partial charge in [-0.25, -0.2) is 0 Å². The summed E-state index contributed by atoms with van der Waals surface area (Å²) in [7, 11) is 1.77. The van der Waals surface area contributed by atoms with E-state index in [1.165, 1.54) is 6.42 Å². The van der Waals surface area contributed by atoms with Crippen LogP contribution >= 0.6 is 0 Å². The Morgan fingerprint density at radius 1 is 1.40 bits per heavy atom. The topological polar surface area (TPSA) is 18.5 Å². The Balaban J connectivity index is 2.30. The van der Waals surface area contributed by atoms with Crippen molar-refractivity contribution in [1.82, 2.24) is 0 Å². The van der Waals surface area contributed by atoms with Crippen LogP contribution in [0.5, 0.6) is 0 Å². The van der Waals surface area contributed by atoms with Gasteiger partial charge in [0.25, 0.3) is 0 Å². The zero-order valence-electron chi connectivity index (χ0n) is 10.0. The minimum Gasteiger partial charge on any atom is -0.355 e. The van der Waals surface area contributed by atoms with Crippen LogP contribution in [-0.4, -0.2) is 20.0 Å². The van der Waals surface area contributed by atoms with E-state index in [0.29, 0.717) is 11.8 Å². The van der Waals surface area contributed by atoms with Crippen LogP contribution in [0.1, 0.15) is 33.1 Å². The molecule has 0 amide bonds. The van der Waals surface area contributed by atoms with Gasteiger partial charge in [0.15, 0.2) is 6.29 Å². The van der Waals surface area contributed by atoms with Gasteiger partial charge >= 0.3 is 0 Å². The van der Waals surface area contributed by atoms with Crippen LogP contribution in [0.25, 0.3) is 0 Å². The third kappa shape index (κ3) is 1.64. The molecule has 0 radical (unpaired) electrons. The number of allylic oxidation sites excluding steroid dienone is 2. The lowest BCUT2D eigenvalue weighted by molar-refractivity contribution is -0.252. The highest BCUT2D eigenvalue weighted by molar-refractivity contribution is 5.07. The first-order valence-corrected chi connectivity index (χ1v) is 6.03. The van der Waals surface area contributed by atoms with E-state index >= 15 is 0 Å². The normalized spacial score (nSPS) is 45.9. The van der Waals surface area contributed by atoms with E-state index in [9.17, 15) is 0 Å². The third-order valence-corrected chi connectivity index (χ3v) is 4.41. The summed E-state index contributed by atoms with van der Waals surface area (Å²) in [5.74, 6) is 1.25. The average molecular weight is 210 g/mol. The van der Waals surface area contributed by atoms with Crippen LogP contribution in [0, 0.1) is 17.3 Å². The summed E-state index contributed by atoms with van der Waals surface area (Å²) < 4.78 is 11.4. The highest BCUT2D eigenvalue weighted by Crippen LogP contribution is 2.51. The second kappa shape index (κ2) is 4.26. The van der Waals surface area contributed by atoms with Gasteiger partial charge in [0.2, 0.25) is 0 Å². The maximum absolute atomic E-state index is 5.81. The van der Waals surface area contributed by atoms with Crippen molar-refractivity contribution >= 4 is 0 Å². The van der Waals surface area contributed by atoms with Crippen LogP contribution in [-0.2, 0) is 9.47 Å². The summed E-state index contributed by atoms with van der Waals surface area (Å²) in [6.45, 7) is 5.49. The van der Waals surface area contributed by atoms with Gasteiger partial charge in [-0.05, 0) is 31.1 Å². The minimum atomic E-state index is -0.0128. The molecule has 0 N–H and O–H groups in total.